The number of para-hydroxylation sites is 1. The van der Waals surface area contributed by atoms with Crippen molar-refractivity contribution in [3.63, 3.8) is 0 Å². The Morgan fingerprint density at radius 1 is 1.06 bits per heavy atom. The van der Waals surface area contributed by atoms with E-state index in [2.05, 4.69) is 20.1 Å². The third kappa shape index (κ3) is 1.24. The van der Waals surface area contributed by atoms with Gasteiger partial charge in [-0.3, -0.25) is 0 Å². The zero-order chi connectivity index (χ0) is 11.9. The van der Waals surface area contributed by atoms with Crippen LogP contribution in [0.25, 0.3) is 28.1 Å². The zero-order valence-corrected chi connectivity index (χ0v) is 9.41. The number of benzene rings is 1. The molecule has 3 aromatic heterocycles. The van der Waals surface area contributed by atoms with Gasteiger partial charge in [0.25, 0.3) is 0 Å². The van der Waals surface area contributed by atoms with Crippen molar-refractivity contribution in [2.75, 3.05) is 0 Å². The number of hydrogen-bond acceptors (Lipinski definition) is 3. The smallest absolute Gasteiger partial charge is 0.198 e. The van der Waals surface area contributed by atoms with E-state index in [0.29, 0.717) is 5.82 Å². The highest BCUT2D eigenvalue weighted by Crippen LogP contribution is 2.19. The van der Waals surface area contributed by atoms with Gasteiger partial charge in [-0.2, -0.15) is 0 Å². The van der Waals surface area contributed by atoms with E-state index in [1.165, 1.54) is 0 Å². The van der Waals surface area contributed by atoms with Gasteiger partial charge in [0.15, 0.2) is 11.5 Å². The van der Waals surface area contributed by atoms with Gasteiger partial charge < -0.3 is 4.98 Å². The highest BCUT2D eigenvalue weighted by Gasteiger charge is 2.09. The molecule has 0 unspecified atom stereocenters. The minimum atomic E-state index is 0.679. The first kappa shape index (κ1) is 9.35. The second-order valence-corrected chi connectivity index (χ2v) is 4.05. The molecule has 5 heteroatoms. The minimum absolute atomic E-state index is 0.679. The molecule has 4 aromatic rings. The summed E-state index contributed by atoms with van der Waals surface area (Å²) in [5, 5.41) is 5.42. The van der Waals surface area contributed by atoms with Crippen LogP contribution in [0, 0.1) is 0 Å². The molecule has 0 atom stereocenters. The summed E-state index contributed by atoms with van der Waals surface area (Å²) in [6.45, 7) is 0. The second-order valence-electron chi connectivity index (χ2n) is 4.05. The van der Waals surface area contributed by atoms with Crippen LogP contribution in [0.1, 0.15) is 0 Å². The van der Waals surface area contributed by atoms with Gasteiger partial charge in [0.1, 0.15) is 6.33 Å². The van der Waals surface area contributed by atoms with Gasteiger partial charge in [-0.05, 0) is 24.3 Å². The predicted octanol–water partition coefficient (Wildman–Crippen LogP) is 2.27. The van der Waals surface area contributed by atoms with E-state index >= 15 is 0 Å². The van der Waals surface area contributed by atoms with E-state index in [-0.39, 0.29) is 0 Å². The molecule has 0 saturated heterocycles. The summed E-state index contributed by atoms with van der Waals surface area (Å²) in [6, 6.07) is 11.8. The molecule has 0 spiro atoms. The molecular formula is C13H9N5. The largest absolute Gasteiger partial charge is 0.359 e. The van der Waals surface area contributed by atoms with Crippen LogP contribution in [0.4, 0.5) is 0 Å². The fraction of sp³-hybridized carbons (Fsp3) is 0. The summed E-state index contributed by atoms with van der Waals surface area (Å²) in [7, 11) is 0. The summed E-state index contributed by atoms with van der Waals surface area (Å²) < 4.78 is 1.71. The maximum Gasteiger partial charge on any atom is 0.198 e. The predicted molar refractivity (Wildman–Crippen MR) is 68.1 cm³/mol. The summed E-state index contributed by atoms with van der Waals surface area (Å²) in [5.74, 6) is 0.679. The number of aromatic amines is 1. The van der Waals surface area contributed by atoms with Crippen LogP contribution in [-0.2, 0) is 0 Å². The Hall–Kier alpha value is -2.69. The van der Waals surface area contributed by atoms with E-state index in [0.717, 1.165) is 22.2 Å². The van der Waals surface area contributed by atoms with E-state index in [1.54, 1.807) is 10.8 Å². The molecule has 0 aliphatic heterocycles. The summed E-state index contributed by atoms with van der Waals surface area (Å²) >= 11 is 0. The van der Waals surface area contributed by atoms with Gasteiger partial charge in [0.2, 0.25) is 0 Å². The number of rotatable bonds is 1. The molecule has 1 N–H and O–H groups in total. The van der Waals surface area contributed by atoms with Crippen molar-refractivity contribution in [1.82, 2.24) is 24.6 Å². The Balaban J connectivity index is 2.08. The van der Waals surface area contributed by atoms with Gasteiger partial charge in [0.05, 0.1) is 11.2 Å². The van der Waals surface area contributed by atoms with Crippen LogP contribution in [0.15, 0.2) is 48.9 Å². The van der Waals surface area contributed by atoms with Crippen LogP contribution >= 0.6 is 0 Å². The molecule has 86 valence electrons. The van der Waals surface area contributed by atoms with Crippen molar-refractivity contribution in [2.45, 2.75) is 0 Å². The second kappa shape index (κ2) is 3.40. The summed E-state index contributed by atoms with van der Waals surface area (Å²) in [4.78, 5) is 12.0. The molecule has 0 aliphatic rings. The normalized spacial score (nSPS) is 11.3. The maximum atomic E-state index is 4.56. The third-order valence-electron chi connectivity index (χ3n) is 2.92. The highest BCUT2D eigenvalue weighted by molar-refractivity contribution is 5.91. The lowest BCUT2D eigenvalue weighted by molar-refractivity contribution is 0.936. The van der Waals surface area contributed by atoms with Crippen molar-refractivity contribution in [3.8, 4) is 11.5 Å². The van der Waals surface area contributed by atoms with E-state index < -0.39 is 0 Å². The molecule has 18 heavy (non-hydrogen) atoms. The van der Waals surface area contributed by atoms with Gasteiger partial charge in [-0.15, -0.1) is 5.10 Å². The molecule has 3 heterocycles. The number of fused-ring (bicyclic) bond motifs is 3. The Bertz CT molecular complexity index is 829. The van der Waals surface area contributed by atoms with Crippen molar-refractivity contribution < 1.29 is 0 Å². The Morgan fingerprint density at radius 3 is 2.89 bits per heavy atom. The molecule has 4 rings (SSSR count). The number of H-pyrrole nitrogens is 1. The molecule has 0 amide bonds. The molecule has 0 radical (unpaired) electrons. The van der Waals surface area contributed by atoms with Crippen molar-refractivity contribution >= 4 is 16.6 Å². The SMILES string of the molecule is c1c[nH]c(-c2nc3c4ccccc4ncn3n2)c1. The Labute approximate surface area is 102 Å². The van der Waals surface area contributed by atoms with Crippen molar-refractivity contribution in [3.05, 3.63) is 48.9 Å². The van der Waals surface area contributed by atoms with Gasteiger partial charge in [-0.25, -0.2) is 14.5 Å². The average Bonchev–Trinajstić information content (AvgIpc) is 3.07. The number of nitrogens with one attached hydrogen (secondary N) is 1. The van der Waals surface area contributed by atoms with Gasteiger partial charge in [-0.1, -0.05) is 12.1 Å². The zero-order valence-electron chi connectivity index (χ0n) is 9.41. The summed E-state index contributed by atoms with van der Waals surface area (Å²) in [6.07, 6.45) is 3.55. The summed E-state index contributed by atoms with van der Waals surface area (Å²) in [5.41, 5.74) is 2.66. The van der Waals surface area contributed by atoms with Crippen LogP contribution in [0.3, 0.4) is 0 Å². The first-order valence-electron chi connectivity index (χ1n) is 5.66. The highest BCUT2D eigenvalue weighted by atomic mass is 15.3. The first-order valence-corrected chi connectivity index (χ1v) is 5.66. The van der Waals surface area contributed by atoms with Gasteiger partial charge >= 0.3 is 0 Å². The van der Waals surface area contributed by atoms with Crippen LogP contribution < -0.4 is 0 Å². The van der Waals surface area contributed by atoms with E-state index in [1.807, 2.05) is 42.6 Å². The lowest BCUT2D eigenvalue weighted by Gasteiger charge is -1.96. The molecule has 0 fully saturated rings. The average molecular weight is 235 g/mol. The molecule has 1 aromatic carbocycles. The third-order valence-corrected chi connectivity index (χ3v) is 2.92. The number of aromatic nitrogens is 5. The fourth-order valence-electron chi connectivity index (χ4n) is 2.06. The fourth-order valence-corrected chi connectivity index (χ4v) is 2.06. The Morgan fingerprint density at radius 2 is 2.00 bits per heavy atom. The number of hydrogen-bond donors (Lipinski definition) is 1. The lowest BCUT2D eigenvalue weighted by Crippen LogP contribution is -1.90. The standard InChI is InChI=1S/C13H9N5/c1-2-5-10-9(4-1)13-16-12(11-6-3-7-14-11)17-18(13)8-15-10/h1-8,14H. The molecule has 0 saturated carbocycles. The molecule has 0 aliphatic carbocycles. The minimum Gasteiger partial charge on any atom is -0.359 e. The lowest BCUT2D eigenvalue weighted by atomic mass is 10.2. The quantitative estimate of drug-likeness (QED) is 0.550. The van der Waals surface area contributed by atoms with E-state index in [4.69, 9.17) is 0 Å². The monoisotopic (exact) mass is 235 g/mol. The van der Waals surface area contributed by atoms with Crippen LogP contribution in [-0.4, -0.2) is 24.6 Å². The maximum absolute atomic E-state index is 4.56. The van der Waals surface area contributed by atoms with Crippen molar-refractivity contribution in [2.24, 2.45) is 0 Å². The molecule has 5 nitrogen and oxygen atoms in total. The van der Waals surface area contributed by atoms with Crippen LogP contribution in [0.5, 0.6) is 0 Å². The van der Waals surface area contributed by atoms with Crippen molar-refractivity contribution in [1.29, 1.82) is 0 Å². The van der Waals surface area contributed by atoms with Gasteiger partial charge in [0, 0.05) is 11.6 Å². The topological polar surface area (TPSA) is 58.9 Å². The number of nitrogens with zero attached hydrogens (tertiary/aromatic N) is 4. The molecular weight excluding hydrogens is 226 g/mol. The van der Waals surface area contributed by atoms with E-state index in [9.17, 15) is 0 Å². The Kier molecular flexibility index (Phi) is 1.77. The molecule has 0 bridgehead atoms. The first-order chi connectivity index (χ1) is 8.92. The van der Waals surface area contributed by atoms with Crippen LogP contribution in [0.2, 0.25) is 0 Å².